The first-order chi connectivity index (χ1) is 17.3. The normalized spacial score (nSPS) is 17.1. The molecule has 0 aromatic heterocycles. The van der Waals surface area contributed by atoms with Crippen LogP contribution in [0.3, 0.4) is 0 Å². The van der Waals surface area contributed by atoms with E-state index in [0.717, 1.165) is 17.3 Å². The van der Waals surface area contributed by atoms with Crippen LogP contribution in [0.15, 0.2) is 53.1 Å². The van der Waals surface area contributed by atoms with E-state index in [1.54, 1.807) is 49.4 Å². The van der Waals surface area contributed by atoms with E-state index in [9.17, 15) is 19.6 Å². The van der Waals surface area contributed by atoms with Gasteiger partial charge in [-0.15, -0.1) is 0 Å². The molecule has 2 N–H and O–H groups in total. The largest absolute Gasteiger partial charge is 0.494 e. The lowest BCUT2D eigenvalue weighted by molar-refractivity contribution is -0.152. The van der Waals surface area contributed by atoms with E-state index in [4.69, 9.17) is 21.1 Å². The molecular weight excluding hydrogens is 502 g/mol. The summed E-state index contributed by atoms with van der Waals surface area (Å²) in [6, 6.07) is 14.3. The summed E-state index contributed by atoms with van der Waals surface area (Å²) in [7, 11) is 0. The van der Waals surface area contributed by atoms with Crippen LogP contribution < -0.4 is 15.4 Å². The Labute approximate surface area is 219 Å². The van der Waals surface area contributed by atoms with Gasteiger partial charge in [-0.05, 0) is 44.5 Å². The zero-order valence-corrected chi connectivity index (χ0v) is 21.7. The van der Waals surface area contributed by atoms with Crippen molar-refractivity contribution in [3.05, 3.63) is 69.2 Å². The van der Waals surface area contributed by atoms with Crippen LogP contribution in [-0.2, 0) is 19.1 Å². The fraction of sp³-hybridized carbons (Fsp3) is 0.308. The van der Waals surface area contributed by atoms with Crippen LogP contribution in [-0.4, -0.2) is 36.8 Å². The van der Waals surface area contributed by atoms with Gasteiger partial charge in [0.15, 0.2) is 0 Å². The molecule has 2 aromatic rings. The Hall–Kier alpha value is -3.48. The van der Waals surface area contributed by atoms with Gasteiger partial charge in [0, 0.05) is 22.2 Å². The van der Waals surface area contributed by atoms with E-state index < -0.39 is 23.7 Å². The van der Waals surface area contributed by atoms with Gasteiger partial charge in [0.25, 0.3) is 0 Å². The highest BCUT2D eigenvalue weighted by Gasteiger charge is 2.45. The Balaban J connectivity index is 1.94. The number of benzene rings is 2. The third-order valence-electron chi connectivity index (χ3n) is 5.43. The van der Waals surface area contributed by atoms with Gasteiger partial charge in [-0.25, -0.2) is 0 Å². The molecule has 0 bridgehead atoms. The van der Waals surface area contributed by atoms with Crippen LogP contribution in [0.25, 0.3) is 0 Å². The second-order valence-electron chi connectivity index (χ2n) is 7.82. The summed E-state index contributed by atoms with van der Waals surface area (Å²) < 4.78 is 10.9. The molecule has 2 atom stereocenters. The third kappa shape index (κ3) is 6.20. The van der Waals surface area contributed by atoms with Crippen molar-refractivity contribution in [2.45, 2.75) is 26.7 Å². The number of hydrogen-bond donors (Lipinski definition) is 2. The Kier molecular flexibility index (Phi) is 9.39. The Morgan fingerprint density at radius 3 is 2.61 bits per heavy atom. The standard InChI is InChI=1S/C26H26ClN3O5S/c1-4-34-20-9-7-6-8-17(20)22-18(13-28)25(30-24(32)23(22)26(33)35-5-2)36-14-21(31)29-16-11-10-15(3)19(27)12-16/h6-12,22-23H,4-5,14H2,1-3H3,(H,29,31)(H,30,32). The molecule has 0 aliphatic carbocycles. The van der Waals surface area contributed by atoms with Crippen LogP contribution in [0.5, 0.6) is 5.75 Å². The third-order valence-corrected chi connectivity index (χ3v) is 6.85. The average Bonchev–Trinajstić information content (AvgIpc) is 2.85. The zero-order chi connectivity index (χ0) is 26.2. The summed E-state index contributed by atoms with van der Waals surface area (Å²) in [4.78, 5) is 38.5. The van der Waals surface area contributed by atoms with Crippen molar-refractivity contribution in [2.75, 3.05) is 24.3 Å². The maximum Gasteiger partial charge on any atom is 0.319 e. The Bertz CT molecular complexity index is 1240. The number of para-hydroxylation sites is 1. The summed E-state index contributed by atoms with van der Waals surface area (Å²) in [5.41, 5.74) is 2.08. The topological polar surface area (TPSA) is 118 Å². The number of nitrogens with zero attached hydrogens (tertiary/aromatic N) is 1. The van der Waals surface area contributed by atoms with Crippen LogP contribution in [0.1, 0.15) is 30.9 Å². The summed E-state index contributed by atoms with van der Waals surface area (Å²) in [6.45, 7) is 5.75. The van der Waals surface area contributed by atoms with Crippen molar-refractivity contribution in [1.82, 2.24) is 5.32 Å². The number of halogens is 1. The monoisotopic (exact) mass is 527 g/mol. The molecule has 8 nitrogen and oxygen atoms in total. The van der Waals surface area contributed by atoms with Gasteiger partial charge in [-0.3, -0.25) is 14.4 Å². The molecule has 2 unspecified atom stereocenters. The molecule has 1 aliphatic rings. The maximum atomic E-state index is 13.1. The van der Waals surface area contributed by atoms with Gasteiger partial charge in [0.2, 0.25) is 11.8 Å². The fourth-order valence-corrected chi connectivity index (χ4v) is 4.82. The number of esters is 1. The van der Waals surface area contributed by atoms with E-state index in [1.165, 1.54) is 0 Å². The van der Waals surface area contributed by atoms with E-state index in [1.807, 2.05) is 13.8 Å². The van der Waals surface area contributed by atoms with Gasteiger partial charge in [0.1, 0.15) is 11.7 Å². The molecule has 2 amide bonds. The number of carbonyl (C=O) groups excluding carboxylic acids is 3. The fourth-order valence-electron chi connectivity index (χ4n) is 3.79. The number of thioether (sulfide) groups is 1. The van der Waals surface area contributed by atoms with Gasteiger partial charge >= 0.3 is 5.97 Å². The molecule has 0 saturated carbocycles. The van der Waals surface area contributed by atoms with Crippen LogP contribution >= 0.6 is 23.4 Å². The molecule has 36 heavy (non-hydrogen) atoms. The number of hydrogen-bond acceptors (Lipinski definition) is 7. The lowest BCUT2D eigenvalue weighted by Gasteiger charge is -2.32. The number of anilines is 1. The molecule has 3 rings (SSSR count). The van der Waals surface area contributed by atoms with Crippen molar-refractivity contribution in [1.29, 1.82) is 5.26 Å². The van der Waals surface area contributed by atoms with Crippen molar-refractivity contribution in [3.8, 4) is 11.8 Å². The predicted octanol–water partition coefficient (Wildman–Crippen LogP) is 4.55. The second-order valence-corrected chi connectivity index (χ2v) is 9.22. The number of amides is 2. The molecule has 2 aromatic carbocycles. The van der Waals surface area contributed by atoms with Gasteiger partial charge in [-0.2, -0.15) is 5.26 Å². The molecule has 0 saturated heterocycles. The average molecular weight is 528 g/mol. The maximum absolute atomic E-state index is 13.1. The molecular formula is C26H26ClN3O5S. The highest BCUT2D eigenvalue weighted by atomic mass is 35.5. The minimum atomic E-state index is -1.28. The van der Waals surface area contributed by atoms with E-state index in [2.05, 4.69) is 16.7 Å². The van der Waals surface area contributed by atoms with Crippen molar-refractivity contribution >= 4 is 46.8 Å². The first kappa shape index (κ1) is 27.1. The zero-order valence-electron chi connectivity index (χ0n) is 20.1. The number of rotatable bonds is 9. The summed E-state index contributed by atoms with van der Waals surface area (Å²) in [5, 5.41) is 16.2. The molecule has 10 heteroatoms. The first-order valence-electron chi connectivity index (χ1n) is 11.3. The summed E-state index contributed by atoms with van der Waals surface area (Å²) in [5.74, 6) is -3.55. The molecule has 1 aliphatic heterocycles. The van der Waals surface area contributed by atoms with E-state index in [-0.39, 0.29) is 28.9 Å². The van der Waals surface area contributed by atoms with Gasteiger partial charge < -0.3 is 20.1 Å². The quantitative estimate of drug-likeness (QED) is 0.363. The smallest absolute Gasteiger partial charge is 0.319 e. The number of carbonyl (C=O) groups is 3. The number of aryl methyl sites for hydroxylation is 1. The van der Waals surface area contributed by atoms with Gasteiger partial charge in [0.05, 0.1) is 35.6 Å². The number of nitrogens with one attached hydrogen (secondary N) is 2. The van der Waals surface area contributed by atoms with Crippen molar-refractivity contribution in [2.24, 2.45) is 5.92 Å². The minimum absolute atomic E-state index is 0.0822. The highest BCUT2D eigenvalue weighted by molar-refractivity contribution is 8.03. The predicted molar refractivity (Wildman–Crippen MR) is 139 cm³/mol. The summed E-state index contributed by atoms with van der Waals surface area (Å²) in [6.07, 6.45) is 0. The molecule has 1 heterocycles. The van der Waals surface area contributed by atoms with Gasteiger partial charge in [-0.1, -0.05) is 47.6 Å². The number of nitriles is 1. The molecule has 188 valence electrons. The molecule has 0 spiro atoms. The van der Waals surface area contributed by atoms with Crippen molar-refractivity contribution < 1.29 is 23.9 Å². The second kappa shape index (κ2) is 12.5. The first-order valence-corrected chi connectivity index (χ1v) is 12.7. The number of ether oxygens (including phenoxy) is 2. The van der Waals surface area contributed by atoms with Crippen LogP contribution in [0, 0.1) is 24.2 Å². The summed E-state index contributed by atoms with van der Waals surface area (Å²) >= 11 is 7.13. The number of allylic oxidation sites excluding steroid dienone is 1. The molecule has 0 fully saturated rings. The lowest BCUT2D eigenvalue weighted by atomic mass is 9.78. The van der Waals surface area contributed by atoms with Crippen molar-refractivity contribution in [3.63, 3.8) is 0 Å². The van der Waals surface area contributed by atoms with E-state index >= 15 is 0 Å². The van der Waals surface area contributed by atoms with Crippen LogP contribution in [0.2, 0.25) is 5.02 Å². The lowest BCUT2D eigenvalue weighted by Crippen LogP contribution is -2.44. The highest BCUT2D eigenvalue weighted by Crippen LogP contribution is 2.43. The SMILES string of the molecule is CCOC(=O)C1C(=O)NC(SCC(=O)Nc2ccc(C)c(Cl)c2)=C(C#N)C1c1ccccc1OCC. The Morgan fingerprint density at radius 1 is 1.19 bits per heavy atom. The van der Waals surface area contributed by atoms with Crippen LogP contribution in [0.4, 0.5) is 5.69 Å². The Morgan fingerprint density at radius 2 is 1.94 bits per heavy atom. The molecule has 0 radical (unpaired) electrons. The minimum Gasteiger partial charge on any atom is -0.494 e. The van der Waals surface area contributed by atoms with E-state index in [0.29, 0.717) is 28.6 Å².